The number of rotatable bonds is 6. The molecule has 1 fully saturated rings. The van der Waals surface area contributed by atoms with Crippen LogP contribution < -0.4 is 5.32 Å². The number of morpholine rings is 1. The van der Waals surface area contributed by atoms with Crippen LogP contribution in [0.5, 0.6) is 0 Å². The predicted molar refractivity (Wildman–Crippen MR) is 81.5 cm³/mol. The van der Waals surface area contributed by atoms with Gasteiger partial charge < -0.3 is 19.5 Å². The molecule has 1 atom stereocenters. The number of ether oxygens (including phenoxy) is 1. The van der Waals surface area contributed by atoms with E-state index in [2.05, 4.69) is 15.5 Å². The van der Waals surface area contributed by atoms with Gasteiger partial charge in [-0.1, -0.05) is 19.0 Å². The summed E-state index contributed by atoms with van der Waals surface area (Å²) in [4.78, 5) is 30.6. The average Bonchev–Trinajstić information content (AvgIpc) is 2.91. The van der Waals surface area contributed by atoms with Gasteiger partial charge in [0.15, 0.2) is 5.82 Å². The molecule has 0 radical (unpaired) electrons. The topological polar surface area (TPSA) is 97.6 Å². The fourth-order valence-electron chi connectivity index (χ4n) is 2.50. The first-order valence-corrected chi connectivity index (χ1v) is 7.90. The van der Waals surface area contributed by atoms with Crippen LogP contribution in [0.3, 0.4) is 0 Å². The molecule has 128 valence electrons. The van der Waals surface area contributed by atoms with Crippen molar-refractivity contribution in [1.82, 2.24) is 20.4 Å². The van der Waals surface area contributed by atoms with Gasteiger partial charge in [-0.15, -0.1) is 0 Å². The smallest absolute Gasteiger partial charge is 0.245 e. The molecule has 0 saturated carbocycles. The Morgan fingerprint density at radius 1 is 1.30 bits per heavy atom. The van der Waals surface area contributed by atoms with Crippen molar-refractivity contribution >= 4 is 11.8 Å². The van der Waals surface area contributed by atoms with Gasteiger partial charge in [-0.05, 0) is 12.3 Å². The molecule has 1 aliphatic heterocycles. The molecule has 1 N–H and O–H groups in total. The van der Waals surface area contributed by atoms with Gasteiger partial charge in [-0.2, -0.15) is 4.98 Å². The van der Waals surface area contributed by atoms with Gasteiger partial charge in [0.25, 0.3) is 0 Å². The number of nitrogens with one attached hydrogen (secondary N) is 1. The van der Waals surface area contributed by atoms with Crippen molar-refractivity contribution in [3.63, 3.8) is 0 Å². The maximum absolute atomic E-state index is 12.6. The van der Waals surface area contributed by atoms with E-state index in [0.717, 1.165) is 0 Å². The molecule has 2 rings (SSSR count). The summed E-state index contributed by atoms with van der Waals surface area (Å²) in [6.45, 7) is 7.91. The fraction of sp³-hybridized carbons (Fsp3) is 0.733. The third-order valence-electron chi connectivity index (χ3n) is 3.55. The minimum atomic E-state index is -0.534. The van der Waals surface area contributed by atoms with E-state index in [1.54, 1.807) is 11.8 Å². The zero-order chi connectivity index (χ0) is 16.8. The lowest BCUT2D eigenvalue weighted by atomic mass is 10.0. The maximum Gasteiger partial charge on any atom is 0.245 e. The van der Waals surface area contributed by atoms with Crippen LogP contribution in [0.2, 0.25) is 0 Å². The van der Waals surface area contributed by atoms with Crippen molar-refractivity contribution < 1.29 is 18.8 Å². The van der Waals surface area contributed by atoms with Crippen molar-refractivity contribution in [3.8, 4) is 0 Å². The average molecular weight is 324 g/mol. The normalized spacial score (nSPS) is 16.4. The van der Waals surface area contributed by atoms with Crippen LogP contribution in [0, 0.1) is 12.8 Å². The first-order valence-electron chi connectivity index (χ1n) is 7.90. The SMILES string of the molecule is Cc1nc(CC(=O)NC(CC(C)C)C(=O)N2CCOCC2)no1. The Labute approximate surface area is 135 Å². The molecule has 0 aromatic carbocycles. The summed E-state index contributed by atoms with van der Waals surface area (Å²) in [6.07, 6.45) is 0.593. The third kappa shape index (κ3) is 5.31. The lowest BCUT2D eigenvalue weighted by Crippen LogP contribution is -2.52. The van der Waals surface area contributed by atoms with E-state index in [-0.39, 0.29) is 24.2 Å². The monoisotopic (exact) mass is 324 g/mol. The fourth-order valence-corrected chi connectivity index (χ4v) is 2.50. The number of aromatic nitrogens is 2. The van der Waals surface area contributed by atoms with E-state index in [4.69, 9.17) is 9.26 Å². The Morgan fingerprint density at radius 2 is 2.00 bits per heavy atom. The molecule has 1 aromatic heterocycles. The molecule has 0 bridgehead atoms. The van der Waals surface area contributed by atoms with E-state index < -0.39 is 6.04 Å². The van der Waals surface area contributed by atoms with Gasteiger partial charge in [-0.25, -0.2) is 0 Å². The van der Waals surface area contributed by atoms with Crippen LogP contribution in [-0.2, 0) is 20.7 Å². The van der Waals surface area contributed by atoms with Crippen molar-refractivity contribution in [2.75, 3.05) is 26.3 Å². The summed E-state index contributed by atoms with van der Waals surface area (Å²) in [5.41, 5.74) is 0. The molecular formula is C15H24N4O4. The predicted octanol–water partition coefficient (Wildman–Crippen LogP) is 0.310. The minimum absolute atomic E-state index is 0.00231. The van der Waals surface area contributed by atoms with Gasteiger partial charge in [0.2, 0.25) is 17.7 Å². The number of nitrogens with zero attached hydrogens (tertiary/aromatic N) is 3. The Hall–Kier alpha value is -1.96. The van der Waals surface area contributed by atoms with Gasteiger partial charge in [-0.3, -0.25) is 9.59 Å². The van der Waals surface area contributed by atoms with Gasteiger partial charge >= 0.3 is 0 Å². The van der Waals surface area contributed by atoms with E-state index >= 15 is 0 Å². The van der Waals surface area contributed by atoms with Crippen molar-refractivity contribution in [2.24, 2.45) is 5.92 Å². The van der Waals surface area contributed by atoms with E-state index in [0.29, 0.717) is 44.4 Å². The lowest BCUT2D eigenvalue weighted by Gasteiger charge is -2.31. The van der Waals surface area contributed by atoms with E-state index in [9.17, 15) is 9.59 Å². The second-order valence-electron chi connectivity index (χ2n) is 6.09. The molecule has 2 amide bonds. The molecule has 0 aliphatic carbocycles. The highest BCUT2D eigenvalue weighted by Gasteiger charge is 2.28. The van der Waals surface area contributed by atoms with E-state index in [1.807, 2.05) is 13.8 Å². The largest absolute Gasteiger partial charge is 0.378 e. The van der Waals surface area contributed by atoms with Crippen LogP contribution in [0.25, 0.3) is 0 Å². The van der Waals surface area contributed by atoms with Crippen LogP contribution in [0.1, 0.15) is 32.0 Å². The summed E-state index contributed by atoms with van der Waals surface area (Å²) >= 11 is 0. The van der Waals surface area contributed by atoms with Gasteiger partial charge in [0.05, 0.1) is 19.6 Å². The van der Waals surface area contributed by atoms with Gasteiger partial charge in [0.1, 0.15) is 6.04 Å². The highest BCUT2D eigenvalue weighted by Crippen LogP contribution is 2.10. The Bertz CT molecular complexity index is 537. The number of hydrogen-bond acceptors (Lipinski definition) is 6. The Balaban J connectivity index is 1.96. The minimum Gasteiger partial charge on any atom is -0.378 e. The zero-order valence-corrected chi connectivity index (χ0v) is 13.9. The number of amides is 2. The van der Waals surface area contributed by atoms with Crippen LogP contribution in [-0.4, -0.2) is 59.2 Å². The summed E-state index contributed by atoms with van der Waals surface area (Å²) in [6, 6.07) is -0.534. The molecule has 8 nitrogen and oxygen atoms in total. The number of hydrogen-bond donors (Lipinski definition) is 1. The van der Waals surface area contributed by atoms with Crippen LogP contribution in [0.15, 0.2) is 4.52 Å². The first-order chi connectivity index (χ1) is 11.0. The van der Waals surface area contributed by atoms with Crippen molar-refractivity contribution in [1.29, 1.82) is 0 Å². The molecule has 1 aromatic rings. The molecule has 23 heavy (non-hydrogen) atoms. The summed E-state index contributed by atoms with van der Waals surface area (Å²) in [7, 11) is 0. The van der Waals surface area contributed by atoms with E-state index in [1.165, 1.54) is 0 Å². The Kier molecular flexibility index (Phi) is 6.09. The number of carbonyl (C=O) groups excluding carboxylic acids is 2. The molecule has 1 aliphatic rings. The van der Waals surface area contributed by atoms with Crippen molar-refractivity contribution in [3.05, 3.63) is 11.7 Å². The quantitative estimate of drug-likeness (QED) is 0.809. The second-order valence-corrected chi connectivity index (χ2v) is 6.09. The van der Waals surface area contributed by atoms with Crippen molar-refractivity contribution in [2.45, 2.75) is 39.7 Å². The molecule has 0 spiro atoms. The number of aryl methyl sites for hydroxylation is 1. The second kappa shape index (κ2) is 8.05. The molecular weight excluding hydrogens is 300 g/mol. The summed E-state index contributed by atoms with van der Waals surface area (Å²) in [5.74, 6) is 0.688. The number of carbonyl (C=O) groups is 2. The highest BCUT2D eigenvalue weighted by molar-refractivity contribution is 5.88. The van der Waals surface area contributed by atoms with Crippen LogP contribution in [0.4, 0.5) is 0 Å². The first kappa shape index (κ1) is 17.4. The molecule has 1 saturated heterocycles. The molecule has 8 heteroatoms. The summed E-state index contributed by atoms with van der Waals surface area (Å²) < 4.78 is 10.1. The van der Waals surface area contributed by atoms with Gasteiger partial charge in [0, 0.05) is 20.0 Å². The van der Waals surface area contributed by atoms with Crippen LogP contribution >= 0.6 is 0 Å². The third-order valence-corrected chi connectivity index (χ3v) is 3.55. The molecule has 2 heterocycles. The lowest BCUT2D eigenvalue weighted by molar-refractivity contribution is -0.140. The highest BCUT2D eigenvalue weighted by atomic mass is 16.5. The Morgan fingerprint density at radius 3 is 2.57 bits per heavy atom. The summed E-state index contributed by atoms with van der Waals surface area (Å²) in [5, 5.41) is 6.51. The zero-order valence-electron chi connectivity index (χ0n) is 13.9. The maximum atomic E-state index is 12.6. The standard InChI is InChI=1S/C15H24N4O4/c1-10(2)8-12(15(21)19-4-6-22-7-5-19)17-14(20)9-13-16-11(3)23-18-13/h10,12H,4-9H2,1-3H3,(H,17,20). The molecule has 1 unspecified atom stereocenters.